The van der Waals surface area contributed by atoms with Crippen molar-refractivity contribution in [2.45, 2.75) is 26.4 Å². The van der Waals surface area contributed by atoms with E-state index in [-0.39, 0.29) is 13.2 Å². The molecule has 0 fully saturated rings. The van der Waals surface area contributed by atoms with Gasteiger partial charge in [0.1, 0.15) is 5.44 Å². The Bertz CT molecular complexity index is 1310. The van der Waals surface area contributed by atoms with Crippen molar-refractivity contribution in [1.82, 2.24) is 4.57 Å². The Hall–Kier alpha value is -2.86. The van der Waals surface area contributed by atoms with Crippen molar-refractivity contribution in [3.05, 3.63) is 95.7 Å². The van der Waals surface area contributed by atoms with Crippen LogP contribution in [-0.2, 0) is 26.2 Å². The fraction of sp³-hybridized carbons (Fsp3) is 0.231. The van der Waals surface area contributed by atoms with E-state index in [1.165, 1.54) is 12.1 Å². The Kier molecular flexibility index (Phi) is 6.99. The minimum atomic E-state index is -4.46. The SMILES string of the molecule is CCOP(=O)(OCC)c1c2ccccc2c(Cc2ccccc2)n1-c1ccc(C(F)(F)F)cc1. The summed E-state index contributed by atoms with van der Waals surface area (Å²) in [5, 5.41) is 1.51. The average Bonchev–Trinajstić information content (AvgIpc) is 3.14. The van der Waals surface area contributed by atoms with Crippen LogP contribution in [0.1, 0.15) is 30.7 Å². The Morgan fingerprint density at radius 2 is 1.35 bits per heavy atom. The third kappa shape index (κ3) is 4.69. The van der Waals surface area contributed by atoms with Crippen molar-refractivity contribution in [2.24, 2.45) is 0 Å². The summed E-state index contributed by atoms with van der Waals surface area (Å²) in [7, 11) is -3.81. The molecule has 0 bridgehead atoms. The van der Waals surface area contributed by atoms with Gasteiger partial charge in [0.2, 0.25) is 0 Å². The van der Waals surface area contributed by atoms with Crippen molar-refractivity contribution >= 4 is 23.8 Å². The molecule has 0 unspecified atom stereocenters. The normalized spacial score (nSPS) is 12.4. The van der Waals surface area contributed by atoms with Gasteiger partial charge in [-0.2, -0.15) is 13.2 Å². The second-order valence-corrected chi connectivity index (χ2v) is 9.63. The van der Waals surface area contributed by atoms with Gasteiger partial charge in [0.15, 0.2) is 0 Å². The molecule has 0 radical (unpaired) electrons. The van der Waals surface area contributed by atoms with Crippen molar-refractivity contribution in [2.75, 3.05) is 13.2 Å². The van der Waals surface area contributed by atoms with Crippen LogP contribution in [0.3, 0.4) is 0 Å². The van der Waals surface area contributed by atoms with Crippen LogP contribution in [0.2, 0.25) is 0 Å². The molecule has 0 saturated heterocycles. The standard InChI is InChI=1S/C26H25F3NO3P/c1-3-32-34(31,33-4-2)25-23-13-9-8-12-22(23)24(18-19-10-6-5-7-11-19)30(25)21-16-14-20(15-17-21)26(27,28)29/h5-17H,3-4,18H2,1-2H3. The van der Waals surface area contributed by atoms with Gasteiger partial charge in [0, 0.05) is 28.6 Å². The van der Waals surface area contributed by atoms with Crippen molar-refractivity contribution in [1.29, 1.82) is 0 Å². The molecule has 178 valence electrons. The summed E-state index contributed by atoms with van der Waals surface area (Å²) in [6, 6.07) is 22.0. The van der Waals surface area contributed by atoms with Crippen LogP contribution in [-0.4, -0.2) is 17.8 Å². The highest BCUT2D eigenvalue weighted by Gasteiger charge is 2.36. The number of hydrogen-bond acceptors (Lipinski definition) is 3. The fourth-order valence-corrected chi connectivity index (χ4v) is 6.08. The van der Waals surface area contributed by atoms with Crippen LogP contribution in [0, 0.1) is 0 Å². The molecule has 0 N–H and O–H groups in total. The Morgan fingerprint density at radius 3 is 1.91 bits per heavy atom. The summed E-state index contributed by atoms with van der Waals surface area (Å²) in [6.45, 7) is 3.75. The molecule has 0 aliphatic carbocycles. The Balaban J connectivity index is 2.04. The van der Waals surface area contributed by atoms with Crippen LogP contribution in [0.5, 0.6) is 0 Å². The first-order valence-electron chi connectivity index (χ1n) is 11.0. The van der Waals surface area contributed by atoms with Crippen LogP contribution in [0.4, 0.5) is 13.2 Å². The molecule has 1 heterocycles. The summed E-state index contributed by atoms with van der Waals surface area (Å²) < 4.78 is 66.9. The van der Waals surface area contributed by atoms with Gasteiger partial charge >= 0.3 is 13.8 Å². The van der Waals surface area contributed by atoms with Crippen molar-refractivity contribution in [3.63, 3.8) is 0 Å². The summed E-state index contributed by atoms with van der Waals surface area (Å²) in [5.74, 6) is 0. The van der Waals surface area contributed by atoms with Crippen LogP contribution >= 0.6 is 7.60 Å². The zero-order chi connectivity index (χ0) is 24.3. The highest BCUT2D eigenvalue weighted by molar-refractivity contribution is 7.62. The molecule has 0 atom stereocenters. The number of rotatable bonds is 8. The quantitative estimate of drug-likeness (QED) is 0.248. The van der Waals surface area contributed by atoms with Crippen LogP contribution in [0.15, 0.2) is 78.9 Å². The topological polar surface area (TPSA) is 40.5 Å². The highest BCUT2D eigenvalue weighted by Crippen LogP contribution is 2.50. The molecule has 1 aromatic heterocycles. The summed E-state index contributed by atoms with van der Waals surface area (Å²) in [6.07, 6.45) is -3.98. The maximum absolute atomic E-state index is 14.1. The van der Waals surface area contributed by atoms with E-state index in [1.54, 1.807) is 18.4 Å². The van der Waals surface area contributed by atoms with E-state index in [0.717, 1.165) is 28.8 Å². The van der Waals surface area contributed by atoms with E-state index < -0.39 is 19.3 Å². The third-order valence-electron chi connectivity index (χ3n) is 5.49. The number of fused-ring (bicyclic) bond motifs is 1. The number of alkyl halides is 3. The summed E-state index contributed by atoms with van der Waals surface area (Å²) in [4.78, 5) is 0. The second kappa shape index (κ2) is 9.79. The first-order valence-corrected chi connectivity index (χ1v) is 12.6. The van der Waals surface area contributed by atoms with E-state index >= 15 is 0 Å². The molecule has 8 heteroatoms. The minimum absolute atomic E-state index is 0.151. The molecule has 34 heavy (non-hydrogen) atoms. The molecule has 0 amide bonds. The maximum atomic E-state index is 14.1. The monoisotopic (exact) mass is 487 g/mol. The first-order chi connectivity index (χ1) is 16.3. The second-order valence-electron chi connectivity index (χ2n) is 7.69. The van der Waals surface area contributed by atoms with E-state index in [4.69, 9.17) is 9.05 Å². The van der Waals surface area contributed by atoms with Gasteiger partial charge in [0.05, 0.1) is 18.8 Å². The Morgan fingerprint density at radius 1 is 0.794 bits per heavy atom. The molecular weight excluding hydrogens is 462 g/mol. The summed E-state index contributed by atoms with van der Waals surface area (Å²) in [5.41, 5.74) is 1.81. The number of halogens is 3. The Labute approximate surface area is 196 Å². The highest BCUT2D eigenvalue weighted by atomic mass is 31.2. The zero-order valence-corrected chi connectivity index (χ0v) is 19.8. The molecule has 0 aliphatic heterocycles. The van der Waals surface area contributed by atoms with E-state index in [0.29, 0.717) is 22.9 Å². The molecular formula is C26H25F3NO3P. The van der Waals surface area contributed by atoms with E-state index in [9.17, 15) is 17.7 Å². The number of aromatic nitrogens is 1. The average molecular weight is 487 g/mol. The number of hydrogen-bond donors (Lipinski definition) is 0. The van der Waals surface area contributed by atoms with E-state index in [1.807, 2.05) is 54.6 Å². The van der Waals surface area contributed by atoms with Crippen molar-refractivity contribution < 1.29 is 26.8 Å². The number of benzene rings is 3. The van der Waals surface area contributed by atoms with Gasteiger partial charge in [-0.15, -0.1) is 0 Å². The lowest BCUT2D eigenvalue weighted by Gasteiger charge is -2.21. The zero-order valence-electron chi connectivity index (χ0n) is 18.9. The van der Waals surface area contributed by atoms with Crippen LogP contribution in [0.25, 0.3) is 16.5 Å². The lowest BCUT2D eigenvalue weighted by molar-refractivity contribution is -0.137. The molecule has 0 spiro atoms. The summed E-state index contributed by atoms with van der Waals surface area (Å²) >= 11 is 0. The minimum Gasteiger partial charge on any atom is -0.306 e. The number of nitrogens with zero attached hydrogens (tertiary/aromatic N) is 1. The lowest BCUT2D eigenvalue weighted by Crippen LogP contribution is -2.21. The smallest absolute Gasteiger partial charge is 0.306 e. The van der Waals surface area contributed by atoms with Gasteiger partial charge in [-0.05, 0) is 43.7 Å². The molecule has 0 saturated carbocycles. The predicted octanol–water partition coefficient (Wildman–Crippen LogP) is 7.13. The van der Waals surface area contributed by atoms with Gasteiger partial charge in [-0.25, -0.2) is 0 Å². The van der Waals surface area contributed by atoms with Gasteiger partial charge in [0.25, 0.3) is 0 Å². The molecule has 0 aliphatic rings. The van der Waals surface area contributed by atoms with Crippen LogP contribution < -0.4 is 5.44 Å². The molecule has 4 rings (SSSR count). The maximum Gasteiger partial charge on any atom is 0.416 e. The van der Waals surface area contributed by atoms with Gasteiger partial charge in [-0.1, -0.05) is 54.6 Å². The van der Waals surface area contributed by atoms with Crippen molar-refractivity contribution in [3.8, 4) is 5.69 Å². The van der Waals surface area contributed by atoms with Gasteiger partial charge < -0.3 is 13.6 Å². The molecule has 3 aromatic carbocycles. The predicted molar refractivity (Wildman–Crippen MR) is 128 cm³/mol. The first kappa shape index (κ1) is 24.3. The van der Waals surface area contributed by atoms with E-state index in [2.05, 4.69) is 0 Å². The third-order valence-corrected chi connectivity index (χ3v) is 7.64. The largest absolute Gasteiger partial charge is 0.416 e. The fourth-order valence-electron chi connectivity index (χ4n) is 4.11. The van der Waals surface area contributed by atoms with Gasteiger partial charge in [-0.3, -0.25) is 4.57 Å². The molecule has 4 aromatic rings. The molecule has 4 nitrogen and oxygen atoms in total. The lowest BCUT2D eigenvalue weighted by atomic mass is 10.1.